The first-order chi connectivity index (χ1) is 6.72. The summed E-state index contributed by atoms with van der Waals surface area (Å²) in [6.45, 7) is 4.61. The molecule has 14 heavy (non-hydrogen) atoms. The fourth-order valence-corrected chi connectivity index (χ4v) is 1.07. The fourth-order valence-electron chi connectivity index (χ4n) is 1.07. The maximum Gasteiger partial charge on any atom is 0.233 e. The van der Waals surface area contributed by atoms with E-state index in [2.05, 4.69) is 10.2 Å². The van der Waals surface area contributed by atoms with E-state index >= 15 is 0 Å². The highest BCUT2D eigenvalue weighted by molar-refractivity contribution is 5.11. The highest BCUT2D eigenvalue weighted by atomic mass is 16.5. The Morgan fingerprint density at radius 2 is 2.14 bits per heavy atom. The Labute approximate surface area is 84.5 Å². The molecule has 4 heteroatoms. The van der Waals surface area contributed by atoms with Gasteiger partial charge in [-0.1, -0.05) is 0 Å². The molecule has 0 aliphatic heterocycles. The summed E-state index contributed by atoms with van der Waals surface area (Å²) in [7, 11) is 0. The zero-order chi connectivity index (χ0) is 10.4. The lowest BCUT2D eigenvalue weighted by Crippen LogP contribution is -2.08. The Kier molecular flexibility index (Phi) is 4.32. The molecule has 0 bridgehead atoms. The second-order valence-electron chi connectivity index (χ2n) is 3.42. The first kappa shape index (κ1) is 10.9. The molecule has 0 atom stereocenters. The van der Waals surface area contributed by atoms with Gasteiger partial charge in [0, 0.05) is 6.07 Å². The highest BCUT2D eigenvalue weighted by Crippen LogP contribution is 2.07. The predicted molar refractivity (Wildman–Crippen MR) is 55.2 cm³/mol. The van der Waals surface area contributed by atoms with Gasteiger partial charge in [-0.15, -0.1) is 5.10 Å². The van der Waals surface area contributed by atoms with Gasteiger partial charge >= 0.3 is 0 Å². The van der Waals surface area contributed by atoms with E-state index in [1.54, 1.807) is 0 Å². The molecule has 0 saturated heterocycles. The van der Waals surface area contributed by atoms with Crippen LogP contribution in [-0.4, -0.2) is 22.8 Å². The topological polar surface area (TPSA) is 61.0 Å². The Bertz CT molecular complexity index is 259. The Morgan fingerprint density at radius 3 is 2.64 bits per heavy atom. The molecule has 1 heterocycles. The minimum Gasteiger partial charge on any atom is -0.474 e. The number of nitrogens with zero attached hydrogens (tertiary/aromatic N) is 2. The van der Waals surface area contributed by atoms with Crippen LogP contribution in [0.2, 0.25) is 0 Å². The lowest BCUT2D eigenvalue weighted by Gasteiger charge is -2.07. The van der Waals surface area contributed by atoms with E-state index in [0.717, 1.165) is 18.5 Å². The van der Waals surface area contributed by atoms with Crippen LogP contribution in [0, 0.1) is 0 Å². The van der Waals surface area contributed by atoms with Crippen LogP contribution in [0.3, 0.4) is 0 Å². The summed E-state index contributed by atoms with van der Waals surface area (Å²) < 4.78 is 5.38. The fraction of sp³-hybridized carbons (Fsp3) is 0.600. The van der Waals surface area contributed by atoms with Crippen molar-refractivity contribution in [2.45, 2.75) is 32.8 Å². The maximum atomic E-state index is 5.40. The smallest absolute Gasteiger partial charge is 0.233 e. The standard InChI is InChI=1S/C10H17N3O/c1-8(2)14-10-6-5-9(12-13-10)4-3-7-11/h5-6,8H,3-4,7,11H2,1-2H3. The summed E-state index contributed by atoms with van der Waals surface area (Å²) in [5.74, 6) is 0.580. The molecular formula is C10H17N3O. The predicted octanol–water partition coefficient (Wildman–Crippen LogP) is 1.16. The normalized spacial score (nSPS) is 10.6. The van der Waals surface area contributed by atoms with Crippen LogP contribution in [0.25, 0.3) is 0 Å². The summed E-state index contributed by atoms with van der Waals surface area (Å²) >= 11 is 0. The van der Waals surface area contributed by atoms with Crippen molar-refractivity contribution in [2.75, 3.05) is 6.54 Å². The van der Waals surface area contributed by atoms with Crippen molar-refractivity contribution in [2.24, 2.45) is 5.73 Å². The van der Waals surface area contributed by atoms with Gasteiger partial charge in [0.25, 0.3) is 0 Å². The molecule has 1 aromatic rings. The number of ether oxygens (including phenoxy) is 1. The number of nitrogens with two attached hydrogens (primary N) is 1. The van der Waals surface area contributed by atoms with Crippen molar-refractivity contribution in [3.63, 3.8) is 0 Å². The molecule has 0 saturated carbocycles. The van der Waals surface area contributed by atoms with Crippen LogP contribution in [-0.2, 0) is 6.42 Å². The second kappa shape index (κ2) is 5.54. The quantitative estimate of drug-likeness (QED) is 0.765. The molecule has 0 aromatic carbocycles. The van der Waals surface area contributed by atoms with E-state index < -0.39 is 0 Å². The van der Waals surface area contributed by atoms with E-state index in [1.807, 2.05) is 26.0 Å². The first-order valence-electron chi connectivity index (χ1n) is 4.91. The molecule has 0 fully saturated rings. The molecule has 1 aromatic heterocycles. The van der Waals surface area contributed by atoms with Crippen LogP contribution < -0.4 is 10.5 Å². The molecule has 0 aliphatic rings. The molecule has 0 spiro atoms. The average Bonchev–Trinajstić information content (AvgIpc) is 2.16. The van der Waals surface area contributed by atoms with Gasteiger partial charge in [-0.2, -0.15) is 5.10 Å². The van der Waals surface area contributed by atoms with Gasteiger partial charge in [-0.25, -0.2) is 0 Å². The number of aryl methyl sites for hydroxylation is 1. The van der Waals surface area contributed by atoms with E-state index in [0.29, 0.717) is 12.4 Å². The van der Waals surface area contributed by atoms with E-state index in [9.17, 15) is 0 Å². The van der Waals surface area contributed by atoms with Crippen LogP contribution in [0.15, 0.2) is 12.1 Å². The SMILES string of the molecule is CC(C)Oc1ccc(CCCN)nn1. The third-order valence-corrected chi connectivity index (χ3v) is 1.69. The number of aromatic nitrogens is 2. The van der Waals surface area contributed by atoms with Crippen LogP contribution >= 0.6 is 0 Å². The maximum absolute atomic E-state index is 5.40. The first-order valence-corrected chi connectivity index (χ1v) is 4.91. The van der Waals surface area contributed by atoms with Crippen LogP contribution in [0.1, 0.15) is 26.0 Å². The highest BCUT2D eigenvalue weighted by Gasteiger charge is 2.00. The third kappa shape index (κ3) is 3.70. The number of rotatable bonds is 5. The van der Waals surface area contributed by atoms with Gasteiger partial charge < -0.3 is 10.5 Å². The van der Waals surface area contributed by atoms with Crippen molar-refractivity contribution in [3.05, 3.63) is 17.8 Å². The molecule has 1 rings (SSSR count). The molecule has 0 amide bonds. The lowest BCUT2D eigenvalue weighted by molar-refractivity contribution is 0.229. The molecule has 2 N–H and O–H groups in total. The Balaban J connectivity index is 2.50. The van der Waals surface area contributed by atoms with Crippen molar-refractivity contribution in [1.29, 1.82) is 0 Å². The van der Waals surface area contributed by atoms with Crippen LogP contribution in [0.5, 0.6) is 5.88 Å². The van der Waals surface area contributed by atoms with Crippen molar-refractivity contribution >= 4 is 0 Å². The van der Waals surface area contributed by atoms with Crippen molar-refractivity contribution in [1.82, 2.24) is 10.2 Å². The average molecular weight is 195 g/mol. The summed E-state index contributed by atoms with van der Waals surface area (Å²) in [4.78, 5) is 0. The van der Waals surface area contributed by atoms with E-state index in [4.69, 9.17) is 10.5 Å². The third-order valence-electron chi connectivity index (χ3n) is 1.69. The second-order valence-corrected chi connectivity index (χ2v) is 3.42. The van der Waals surface area contributed by atoms with E-state index in [1.165, 1.54) is 0 Å². The molecule has 4 nitrogen and oxygen atoms in total. The van der Waals surface area contributed by atoms with Gasteiger partial charge in [-0.3, -0.25) is 0 Å². The molecular weight excluding hydrogens is 178 g/mol. The molecule has 78 valence electrons. The number of hydrogen-bond acceptors (Lipinski definition) is 4. The van der Waals surface area contributed by atoms with Crippen LogP contribution in [0.4, 0.5) is 0 Å². The van der Waals surface area contributed by atoms with Crippen molar-refractivity contribution < 1.29 is 4.74 Å². The molecule has 0 unspecified atom stereocenters. The minimum atomic E-state index is 0.138. The Morgan fingerprint density at radius 1 is 1.36 bits per heavy atom. The zero-order valence-corrected chi connectivity index (χ0v) is 8.73. The van der Waals surface area contributed by atoms with E-state index in [-0.39, 0.29) is 6.10 Å². The van der Waals surface area contributed by atoms with Crippen molar-refractivity contribution in [3.8, 4) is 5.88 Å². The zero-order valence-electron chi connectivity index (χ0n) is 8.73. The lowest BCUT2D eigenvalue weighted by atomic mass is 10.2. The van der Waals surface area contributed by atoms with Gasteiger partial charge in [0.2, 0.25) is 5.88 Å². The van der Waals surface area contributed by atoms with Gasteiger partial charge in [0.1, 0.15) is 0 Å². The van der Waals surface area contributed by atoms with Gasteiger partial charge in [0.15, 0.2) is 0 Å². The summed E-state index contributed by atoms with van der Waals surface area (Å²) in [5, 5.41) is 8.00. The molecule has 0 aliphatic carbocycles. The van der Waals surface area contributed by atoms with Gasteiger partial charge in [-0.05, 0) is 39.3 Å². The summed E-state index contributed by atoms with van der Waals surface area (Å²) in [6, 6.07) is 3.78. The Hall–Kier alpha value is -1.16. The molecule has 0 radical (unpaired) electrons. The monoisotopic (exact) mass is 195 g/mol. The summed E-state index contributed by atoms with van der Waals surface area (Å²) in [5.41, 5.74) is 6.36. The number of hydrogen-bond donors (Lipinski definition) is 1. The summed E-state index contributed by atoms with van der Waals surface area (Å²) in [6.07, 6.45) is 1.96. The minimum absolute atomic E-state index is 0.138. The largest absolute Gasteiger partial charge is 0.474 e. The van der Waals surface area contributed by atoms with Gasteiger partial charge in [0.05, 0.1) is 11.8 Å².